The van der Waals surface area contributed by atoms with E-state index in [2.05, 4.69) is 159 Å². The van der Waals surface area contributed by atoms with Gasteiger partial charge in [0.05, 0.1) is 11.4 Å². The molecule has 6 heteroatoms. The Hall–Kier alpha value is -2.89. The number of anilines is 1. The van der Waals surface area contributed by atoms with Crippen molar-refractivity contribution in [1.82, 2.24) is 0 Å². The van der Waals surface area contributed by atoms with Crippen molar-refractivity contribution in [2.45, 2.75) is 33.6 Å². The van der Waals surface area contributed by atoms with Gasteiger partial charge in [0.2, 0.25) is 0 Å². The molecule has 5 aromatic rings. The third kappa shape index (κ3) is 8.14. The number of para-hydroxylation sites is 2. The fourth-order valence-electron chi connectivity index (χ4n) is 4.96. The molecule has 0 radical (unpaired) electrons. The van der Waals surface area contributed by atoms with Crippen molar-refractivity contribution >= 4 is 56.0 Å². The van der Waals surface area contributed by atoms with Gasteiger partial charge in [-0.05, 0) is 67.3 Å². The fourth-order valence-corrected chi connectivity index (χ4v) is 7.68. The Bertz CT molecular complexity index is 1520. The average Bonchev–Trinajstić information content (AvgIpc) is 3.04. The fraction of sp³-hybridized carbons (Fsp3) is 0.139. The summed E-state index contributed by atoms with van der Waals surface area (Å²) in [6.07, 6.45) is 1.87. The summed E-state index contributed by atoms with van der Waals surface area (Å²) in [7, 11) is 8.14. The SMILES string of the molecule is CCc1ccccc1N=C(c1ccc(C)cc1)N(c1ccccc1CC)[PH+](c1ccccc1)c1ccccc1.[Cl][Cr][Cl]. The van der Waals surface area contributed by atoms with E-state index in [4.69, 9.17) is 25.1 Å². The van der Waals surface area contributed by atoms with E-state index < -0.39 is 8.07 Å². The molecule has 214 valence electrons. The van der Waals surface area contributed by atoms with Crippen LogP contribution in [0.3, 0.4) is 0 Å². The topological polar surface area (TPSA) is 15.6 Å². The zero-order valence-electron chi connectivity index (χ0n) is 24.2. The van der Waals surface area contributed by atoms with Crippen LogP contribution >= 0.6 is 28.2 Å². The zero-order valence-corrected chi connectivity index (χ0v) is 28.0. The molecule has 0 amide bonds. The molecular weight excluding hydrogens is 614 g/mol. The Morgan fingerprint density at radius 2 is 1.12 bits per heavy atom. The van der Waals surface area contributed by atoms with Crippen LogP contribution in [0.15, 0.2) is 138 Å². The van der Waals surface area contributed by atoms with Crippen molar-refractivity contribution in [3.8, 4) is 0 Å². The van der Waals surface area contributed by atoms with Crippen molar-refractivity contribution in [3.63, 3.8) is 0 Å². The quantitative estimate of drug-likeness (QED) is 0.0928. The molecule has 0 unspecified atom stereocenters. The molecule has 0 fully saturated rings. The first kappa shape index (κ1) is 32.0. The Balaban J connectivity index is 0.00000129. The van der Waals surface area contributed by atoms with Gasteiger partial charge in [-0.25, -0.2) is 4.99 Å². The molecule has 0 saturated heterocycles. The second kappa shape index (κ2) is 16.7. The predicted octanol–water partition coefficient (Wildman–Crippen LogP) is 9.86. The van der Waals surface area contributed by atoms with Crippen LogP contribution in [-0.4, -0.2) is 5.84 Å². The molecule has 0 aliphatic heterocycles. The normalized spacial score (nSPS) is 11.1. The second-order valence-corrected chi connectivity index (χ2v) is 14.1. The molecule has 5 aromatic carbocycles. The summed E-state index contributed by atoms with van der Waals surface area (Å²) in [5.74, 6) is 0.985. The first-order valence-electron chi connectivity index (χ1n) is 14.1. The van der Waals surface area contributed by atoms with Crippen LogP contribution in [0.5, 0.6) is 0 Å². The molecule has 0 atom stereocenters. The van der Waals surface area contributed by atoms with Gasteiger partial charge in [0.15, 0.2) is 13.9 Å². The number of hydrogen-bond acceptors (Lipinski definition) is 1. The molecule has 0 spiro atoms. The molecule has 0 aromatic heterocycles. The number of rotatable bonds is 8. The Labute approximate surface area is 267 Å². The van der Waals surface area contributed by atoms with Gasteiger partial charge >= 0.3 is 33.5 Å². The maximum atomic E-state index is 5.52. The number of hydrogen-bond donors (Lipinski definition) is 0. The predicted molar refractivity (Wildman–Crippen MR) is 184 cm³/mol. The summed E-state index contributed by atoms with van der Waals surface area (Å²) in [5, 5.41) is 2.64. The van der Waals surface area contributed by atoms with Gasteiger partial charge in [-0.3, -0.25) is 0 Å². The van der Waals surface area contributed by atoms with Crippen LogP contribution in [0, 0.1) is 6.92 Å². The number of benzene rings is 5. The zero-order chi connectivity index (χ0) is 29.7. The minimum absolute atomic E-state index is 0.181. The van der Waals surface area contributed by atoms with Gasteiger partial charge in [-0.1, -0.05) is 116 Å². The van der Waals surface area contributed by atoms with Crippen molar-refractivity contribution in [3.05, 3.63) is 156 Å². The first-order chi connectivity index (χ1) is 20.6. The van der Waals surface area contributed by atoms with Gasteiger partial charge in [0, 0.05) is 5.56 Å². The first-order valence-corrected chi connectivity index (χ1v) is 19.1. The van der Waals surface area contributed by atoms with Crippen LogP contribution in [0.2, 0.25) is 0 Å². The van der Waals surface area contributed by atoms with Crippen molar-refractivity contribution < 1.29 is 13.4 Å². The molecule has 0 saturated carbocycles. The summed E-state index contributed by atoms with van der Waals surface area (Å²) >= 11 is -0.181. The van der Waals surface area contributed by atoms with E-state index in [9.17, 15) is 0 Å². The van der Waals surface area contributed by atoms with Gasteiger partial charge in [0.1, 0.15) is 10.6 Å². The van der Waals surface area contributed by atoms with Crippen LogP contribution in [0.4, 0.5) is 11.4 Å². The van der Waals surface area contributed by atoms with E-state index in [0.717, 1.165) is 29.9 Å². The van der Waals surface area contributed by atoms with Crippen molar-refractivity contribution in [2.24, 2.45) is 4.99 Å². The monoisotopic (exact) mass is 649 g/mol. The second-order valence-electron chi connectivity index (χ2n) is 9.74. The molecule has 0 heterocycles. The Kier molecular flexibility index (Phi) is 12.7. The molecule has 0 aliphatic rings. The number of aryl methyl sites for hydroxylation is 3. The molecule has 42 heavy (non-hydrogen) atoms. The number of aliphatic imine (C=N–C) groups is 1. The van der Waals surface area contributed by atoms with Crippen LogP contribution < -0.4 is 15.3 Å². The third-order valence-corrected chi connectivity index (χ3v) is 9.71. The van der Waals surface area contributed by atoms with Crippen LogP contribution in [0.1, 0.15) is 36.1 Å². The number of amidine groups is 1. The maximum absolute atomic E-state index is 5.52. The van der Waals surface area contributed by atoms with E-state index >= 15 is 0 Å². The van der Waals surface area contributed by atoms with E-state index in [1.165, 1.54) is 33.0 Å². The Morgan fingerprint density at radius 3 is 1.67 bits per heavy atom. The molecular formula is C36H36Cl2CrN2P+. The Morgan fingerprint density at radius 1 is 0.643 bits per heavy atom. The average molecular weight is 651 g/mol. The summed E-state index contributed by atoms with van der Waals surface area (Å²) in [4.78, 5) is 5.52. The van der Waals surface area contributed by atoms with Gasteiger partial charge in [0.25, 0.3) is 0 Å². The summed E-state index contributed by atoms with van der Waals surface area (Å²) in [6, 6.07) is 48.1. The van der Waals surface area contributed by atoms with Gasteiger partial charge < -0.3 is 0 Å². The van der Waals surface area contributed by atoms with E-state index in [1.54, 1.807) is 0 Å². The van der Waals surface area contributed by atoms with Crippen LogP contribution in [-0.2, 0) is 26.2 Å². The molecule has 5 rings (SSSR count). The van der Waals surface area contributed by atoms with Gasteiger partial charge in [-0.15, -0.1) is 0 Å². The third-order valence-electron chi connectivity index (χ3n) is 7.05. The van der Waals surface area contributed by atoms with E-state index in [0.29, 0.717) is 0 Å². The summed E-state index contributed by atoms with van der Waals surface area (Å²) in [5.41, 5.74) is 7.16. The van der Waals surface area contributed by atoms with Crippen LogP contribution in [0.25, 0.3) is 0 Å². The minimum atomic E-state index is -1.51. The molecule has 0 bridgehead atoms. The van der Waals surface area contributed by atoms with E-state index in [1.807, 2.05) is 0 Å². The number of halogens is 2. The summed E-state index contributed by atoms with van der Waals surface area (Å²) < 4.78 is 2.56. The molecule has 0 aliphatic carbocycles. The van der Waals surface area contributed by atoms with Crippen molar-refractivity contribution in [2.75, 3.05) is 4.67 Å². The van der Waals surface area contributed by atoms with Crippen molar-refractivity contribution in [1.29, 1.82) is 0 Å². The van der Waals surface area contributed by atoms with Gasteiger partial charge in [-0.2, -0.15) is 4.67 Å². The standard InChI is InChI=1S/C36H35N2P.2ClH.Cr/c1-4-29-16-12-14-22-34(29)37-36(31-26-24-28(3)25-27-31)38(35-23-15-13-17-30(35)5-2)39(32-18-8-6-9-19-32)33-20-10-7-11-21-33;;;/h6-27H,4-5H2,1-3H3;2*1H;/q;;;+2/p-1. The van der Waals surface area contributed by atoms with E-state index in [-0.39, 0.29) is 13.4 Å². The molecule has 0 N–H and O–H groups in total. The number of nitrogens with zero attached hydrogens (tertiary/aromatic N) is 2. The molecule has 2 nitrogen and oxygen atoms in total. The summed E-state index contributed by atoms with van der Waals surface area (Å²) in [6.45, 7) is 6.58.